The lowest BCUT2D eigenvalue weighted by atomic mass is 10.0. The predicted octanol–water partition coefficient (Wildman–Crippen LogP) is 3.40. The predicted molar refractivity (Wildman–Crippen MR) is 72.6 cm³/mol. The number of carbonyl (C=O) groups is 1. The largest absolute Gasteiger partial charge is 0.300 e. The van der Waals surface area contributed by atoms with Crippen LogP contribution in [0.15, 0.2) is 29.2 Å². The summed E-state index contributed by atoms with van der Waals surface area (Å²) in [5, 5.41) is 1.14. The van der Waals surface area contributed by atoms with Gasteiger partial charge >= 0.3 is 0 Å². The number of hydrogen-bond donors (Lipinski definition) is 0. The molecule has 0 saturated heterocycles. The summed E-state index contributed by atoms with van der Waals surface area (Å²) in [6, 6.07) is 8.08. The highest BCUT2D eigenvalue weighted by Crippen LogP contribution is 2.31. The van der Waals surface area contributed by atoms with Crippen molar-refractivity contribution in [2.75, 3.05) is 6.26 Å². The van der Waals surface area contributed by atoms with E-state index in [9.17, 15) is 4.79 Å². The van der Waals surface area contributed by atoms with E-state index < -0.39 is 0 Å². The maximum absolute atomic E-state index is 11.3. The van der Waals surface area contributed by atoms with Crippen molar-refractivity contribution in [1.82, 2.24) is 4.98 Å². The zero-order valence-electron chi connectivity index (χ0n) is 10.3. The highest BCUT2D eigenvalue weighted by atomic mass is 32.2. The van der Waals surface area contributed by atoms with Gasteiger partial charge < -0.3 is 0 Å². The van der Waals surface area contributed by atoms with Crippen LogP contribution >= 0.6 is 11.8 Å². The van der Waals surface area contributed by atoms with E-state index in [0.717, 1.165) is 22.2 Å². The molecule has 17 heavy (non-hydrogen) atoms. The molecule has 0 saturated carbocycles. The number of ketones is 1. The molecule has 3 heteroatoms. The number of nitrogens with zero attached hydrogens (tertiary/aromatic N) is 1. The van der Waals surface area contributed by atoms with Gasteiger partial charge in [0.05, 0.1) is 5.52 Å². The molecule has 2 aromatic rings. The Morgan fingerprint density at radius 2 is 2.06 bits per heavy atom. The maximum Gasteiger partial charge on any atom is 0.134 e. The highest BCUT2D eigenvalue weighted by molar-refractivity contribution is 7.98. The highest BCUT2D eigenvalue weighted by Gasteiger charge is 2.12. The number of hydrogen-bond acceptors (Lipinski definition) is 3. The Morgan fingerprint density at radius 3 is 2.71 bits per heavy atom. The van der Waals surface area contributed by atoms with E-state index in [0.29, 0.717) is 6.42 Å². The van der Waals surface area contributed by atoms with Crippen molar-refractivity contribution in [3.8, 4) is 0 Å². The summed E-state index contributed by atoms with van der Waals surface area (Å²) in [5.41, 5.74) is 3.04. The lowest BCUT2D eigenvalue weighted by Crippen LogP contribution is -2.03. The summed E-state index contributed by atoms with van der Waals surface area (Å²) < 4.78 is 0. The van der Waals surface area contributed by atoms with Gasteiger partial charge in [0, 0.05) is 22.4 Å². The van der Waals surface area contributed by atoms with Crippen LogP contribution in [0, 0.1) is 6.92 Å². The van der Waals surface area contributed by atoms with Gasteiger partial charge in [-0.05, 0) is 31.7 Å². The first-order valence-electron chi connectivity index (χ1n) is 5.55. The average Bonchev–Trinajstić information content (AvgIpc) is 2.29. The fourth-order valence-corrected chi connectivity index (χ4v) is 2.89. The molecule has 0 bridgehead atoms. The van der Waals surface area contributed by atoms with Crippen LogP contribution in [0.1, 0.15) is 18.2 Å². The van der Waals surface area contributed by atoms with E-state index in [2.05, 4.69) is 11.1 Å². The first-order valence-corrected chi connectivity index (χ1v) is 6.77. The lowest BCUT2D eigenvalue weighted by Gasteiger charge is -2.12. The molecular weight excluding hydrogens is 230 g/mol. The molecule has 0 fully saturated rings. The minimum atomic E-state index is 0.181. The van der Waals surface area contributed by atoms with Crippen LogP contribution in [0.2, 0.25) is 0 Å². The Kier molecular flexibility index (Phi) is 3.48. The molecule has 0 atom stereocenters. The second-order valence-corrected chi connectivity index (χ2v) is 4.92. The molecule has 1 aromatic carbocycles. The van der Waals surface area contributed by atoms with Crippen molar-refractivity contribution < 1.29 is 4.79 Å². The minimum absolute atomic E-state index is 0.181. The minimum Gasteiger partial charge on any atom is -0.300 e. The van der Waals surface area contributed by atoms with Crippen LogP contribution in [-0.4, -0.2) is 17.0 Å². The van der Waals surface area contributed by atoms with E-state index in [1.165, 1.54) is 4.90 Å². The third kappa shape index (κ3) is 2.34. The van der Waals surface area contributed by atoms with Gasteiger partial charge in [-0.3, -0.25) is 9.78 Å². The third-order valence-corrected chi connectivity index (χ3v) is 3.65. The lowest BCUT2D eigenvalue weighted by molar-refractivity contribution is -0.116. The van der Waals surface area contributed by atoms with E-state index in [1.807, 2.05) is 31.4 Å². The number of Topliss-reactive ketones (excluding diaryl/α,β-unsaturated/α-hetero) is 1. The summed E-state index contributed by atoms with van der Waals surface area (Å²) in [5.74, 6) is 0.181. The molecular formula is C14H15NOS. The molecule has 0 aliphatic heterocycles. The zero-order valence-corrected chi connectivity index (χ0v) is 11.1. The topological polar surface area (TPSA) is 30.0 Å². The van der Waals surface area contributed by atoms with Gasteiger partial charge in [-0.1, -0.05) is 18.2 Å². The number of para-hydroxylation sites is 1. The van der Waals surface area contributed by atoms with Gasteiger partial charge in [-0.2, -0.15) is 0 Å². The number of rotatable bonds is 3. The molecule has 0 unspecified atom stereocenters. The van der Waals surface area contributed by atoms with E-state index in [4.69, 9.17) is 0 Å². The zero-order chi connectivity index (χ0) is 12.4. The van der Waals surface area contributed by atoms with E-state index in [-0.39, 0.29) is 5.78 Å². The summed E-state index contributed by atoms with van der Waals surface area (Å²) >= 11 is 1.69. The van der Waals surface area contributed by atoms with Gasteiger partial charge in [-0.25, -0.2) is 0 Å². The van der Waals surface area contributed by atoms with Crippen molar-refractivity contribution in [3.05, 3.63) is 35.5 Å². The Balaban J connectivity index is 2.73. The molecule has 0 spiro atoms. The van der Waals surface area contributed by atoms with Crippen LogP contribution < -0.4 is 0 Å². The standard InChI is InChI=1S/C14H15NOS/c1-9(16)8-12-10(2)15-13-7-5-4-6-11(13)14(12)17-3/h4-7H,8H2,1-3H3. The summed E-state index contributed by atoms with van der Waals surface area (Å²) in [7, 11) is 0. The second kappa shape index (κ2) is 4.88. The summed E-state index contributed by atoms with van der Waals surface area (Å²) in [6.45, 7) is 3.60. The second-order valence-electron chi connectivity index (χ2n) is 4.10. The van der Waals surface area contributed by atoms with Crippen molar-refractivity contribution in [2.24, 2.45) is 0 Å². The molecule has 0 radical (unpaired) electrons. The molecule has 88 valence electrons. The molecule has 0 N–H and O–H groups in total. The van der Waals surface area contributed by atoms with Crippen molar-refractivity contribution in [3.63, 3.8) is 0 Å². The van der Waals surface area contributed by atoms with E-state index >= 15 is 0 Å². The van der Waals surface area contributed by atoms with Crippen LogP contribution in [0.5, 0.6) is 0 Å². The number of benzene rings is 1. The number of fused-ring (bicyclic) bond motifs is 1. The SMILES string of the molecule is CSc1c(CC(C)=O)c(C)nc2ccccc12. The first kappa shape index (κ1) is 12.1. The smallest absolute Gasteiger partial charge is 0.134 e. The van der Waals surface area contributed by atoms with Crippen molar-refractivity contribution >= 4 is 28.4 Å². The fourth-order valence-electron chi connectivity index (χ4n) is 2.03. The van der Waals surface area contributed by atoms with Crippen molar-refractivity contribution in [2.45, 2.75) is 25.2 Å². The Labute approximate surface area is 105 Å². The fraction of sp³-hybridized carbons (Fsp3) is 0.286. The molecule has 0 aliphatic carbocycles. The Morgan fingerprint density at radius 1 is 1.35 bits per heavy atom. The summed E-state index contributed by atoms with van der Waals surface area (Å²) in [6.07, 6.45) is 2.52. The normalized spacial score (nSPS) is 10.8. The molecule has 1 heterocycles. The van der Waals surface area contributed by atoms with Crippen LogP contribution in [-0.2, 0) is 11.2 Å². The molecule has 1 aromatic heterocycles. The number of thioether (sulfide) groups is 1. The van der Waals surface area contributed by atoms with Gasteiger partial charge in [-0.15, -0.1) is 11.8 Å². The molecule has 0 aliphatic rings. The van der Waals surface area contributed by atoms with Crippen LogP contribution in [0.4, 0.5) is 0 Å². The number of pyridine rings is 1. The molecule has 2 nitrogen and oxygen atoms in total. The summed E-state index contributed by atoms with van der Waals surface area (Å²) in [4.78, 5) is 17.1. The van der Waals surface area contributed by atoms with Gasteiger partial charge in [0.1, 0.15) is 5.78 Å². The monoisotopic (exact) mass is 245 g/mol. The van der Waals surface area contributed by atoms with Gasteiger partial charge in [0.2, 0.25) is 0 Å². The van der Waals surface area contributed by atoms with Gasteiger partial charge in [0.15, 0.2) is 0 Å². The number of aromatic nitrogens is 1. The number of aryl methyl sites for hydroxylation is 1. The Hall–Kier alpha value is -1.35. The molecule has 0 amide bonds. The quantitative estimate of drug-likeness (QED) is 0.776. The Bertz CT molecular complexity index is 578. The van der Waals surface area contributed by atoms with Crippen molar-refractivity contribution in [1.29, 1.82) is 0 Å². The average molecular weight is 245 g/mol. The van der Waals surface area contributed by atoms with E-state index in [1.54, 1.807) is 18.7 Å². The molecule has 2 rings (SSSR count). The third-order valence-electron chi connectivity index (χ3n) is 2.78. The van der Waals surface area contributed by atoms with Crippen LogP contribution in [0.25, 0.3) is 10.9 Å². The maximum atomic E-state index is 11.3. The number of carbonyl (C=O) groups excluding carboxylic acids is 1. The first-order chi connectivity index (χ1) is 8.13. The van der Waals surface area contributed by atoms with Gasteiger partial charge in [0.25, 0.3) is 0 Å². The van der Waals surface area contributed by atoms with Crippen LogP contribution in [0.3, 0.4) is 0 Å².